The van der Waals surface area contributed by atoms with Gasteiger partial charge in [0.1, 0.15) is 42.9 Å². The highest BCUT2D eigenvalue weighted by atomic mass is 79.9. The lowest BCUT2D eigenvalue weighted by molar-refractivity contribution is -0.142. The molecule has 4 N–H and O–H groups in total. The molecule has 5 aromatic rings. The zero-order chi connectivity index (χ0) is 38.9. The second kappa shape index (κ2) is 18.5. The number of aliphatic carboxylic acids is 2. The molecule has 13 nitrogen and oxygen atoms in total. The van der Waals surface area contributed by atoms with Gasteiger partial charge in [-0.2, -0.15) is 10.4 Å². The number of fused-ring (bicyclic) bond motifs is 1. The second-order valence-corrected chi connectivity index (χ2v) is 14.4. The van der Waals surface area contributed by atoms with Gasteiger partial charge in [0, 0.05) is 58.1 Å². The molecule has 1 aliphatic heterocycles. The number of halogens is 2. The summed E-state index contributed by atoms with van der Waals surface area (Å²) in [5, 5.41) is 46.5. The third kappa shape index (κ3) is 9.62. The van der Waals surface area contributed by atoms with Crippen molar-refractivity contribution in [3.63, 3.8) is 0 Å². The van der Waals surface area contributed by atoms with Crippen LogP contribution in [0.2, 0.25) is 5.02 Å². The molecule has 1 aliphatic rings. The summed E-state index contributed by atoms with van der Waals surface area (Å²) in [6.07, 6.45) is 8.32. The van der Waals surface area contributed by atoms with Crippen LogP contribution in [0.3, 0.4) is 0 Å². The SMILES string of the molecule is N#Cc1cncc(COc2cc(OCc3cccc(-c4cccc5c4cnn5CCCCN4CCC[C@H]4C(=O)O)c3Br)c(Cl)cc2CNC(CO)C(=O)O)c1. The predicted molar refractivity (Wildman–Crippen MR) is 209 cm³/mol. The Morgan fingerprint density at radius 1 is 1.00 bits per heavy atom. The third-order valence-electron chi connectivity index (χ3n) is 9.61. The Kier molecular flexibility index (Phi) is 13.4. The molecule has 0 amide bonds. The van der Waals surface area contributed by atoms with E-state index in [1.165, 1.54) is 6.20 Å². The van der Waals surface area contributed by atoms with Crippen molar-refractivity contribution < 1.29 is 34.4 Å². The molecule has 286 valence electrons. The summed E-state index contributed by atoms with van der Waals surface area (Å²) in [4.78, 5) is 29.2. The molecule has 2 aromatic heterocycles. The lowest BCUT2D eigenvalue weighted by Gasteiger charge is -2.20. The molecule has 55 heavy (non-hydrogen) atoms. The summed E-state index contributed by atoms with van der Waals surface area (Å²) < 4.78 is 15.2. The summed E-state index contributed by atoms with van der Waals surface area (Å²) in [5.41, 5.74) is 5.41. The highest BCUT2D eigenvalue weighted by Crippen LogP contribution is 2.38. The van der Waals surface area contributed by atoms with Gasteiger partial charge < -0.3 is 24.8 Å². The van der Waals surface area contributed by atoms with Crippen LogP contribution in [-0.2, 0) is 35.9 Å². The van der Waals surface area contributed by atoms with Crippen molar-refractivity contribution in [3.8, 4) is 28.7 Å². The maximum Gasteiger partial charge on any atom is 0.323 e. The summed E-state index contributed by atoms with van der Waals surface area (Å²) in [6.45, 7) is 1.97. The minimum Gasteiger partial charge on any atom is -0.488 e. The smallest absolute Gasteiger partial charge is 0.323 e. The van der Waals surface area contributed by atoms with E-state index in [0.717, 1.165) is 71.0 Å². The van der Waals surface area contributed by atoms with Gasteiger partial charge in [-0.25, -0.2) is 0 Å². The molecule has 3 aromatic carbocycles. The number of aryl methyl sites for hydroxylation is 1. The quantitative estimate of drug-likeness (QED) is 0.0714. The fourth-order valence-electron chi connectivity index (χ4n) is 6.73. The average molecular weight is 832 g/mol. The number of nitrogens with one attached hydrogen (secondary N) is 1. The van der Waals surface area contributed by atoms with E-state index in [9.17, 15) is 30.2 Å². The van der Waals surface area contributed by atoms with E-state index in [0.29, 0.717) is 34.6 Å². The molecular formula is C40H40BrClN6O7. The Hall–Kier alpha value is -5.04. The summed E-state index contributed by atoms with van der Waals surface area (Å²) in [6, 6.07) is 17.5. The maximum atomic E-state index is 11.5. The van der Waals surface area contributed by atoms with E-state index in [2.05, 4.69) is 49.3 Å². The normalized spacial score (nSPS) is 14.8. The van der Waals surface area contributed by atoms with Crippen LogP contribution < -0.4 is 14.8 Å². The number of aliphatic hydroxyl groups excluding tert-OH is 1. The van der Waals surface area contributed by atoms with Gasteiger partial charge >= 0.3 is 11.9 Å². The van der Waals surface area contributed by atoms with Crippen molar-refractivity contribution >= 4 is 50.4 Å². The molecule has 3 heterocycles. The van der Waals surface area contributed by atoms with Crippen molar-refractivity contribution in [3.05, 3.63) is 105 Å². The molecule has 1 unspecified atom stereocenters. The number of benzene rings is 3. The first kappa shape index (κ1) is 39.6. The predicted octanol–water partition coefficient (Wildman–Crippen LogP) is 6.41. The van der Waals surface area contributed by atoms with Gasteiger partial charge in [-0.1, -0.05) is 41.9 Å². The standard InChI is InChI=1S/C40H40BrClN6O7/c41-38-27(6-3-8-30(38)29-7-4-9-34-31(29)21-46-48(34)13-2-1-11-47-12-5-10-35(47)40(52)53)24-55-37-16-36(54-23-26-14-25(17-43)18-44-19-26)28(15-32(37)42)20-45-33(22-49)39(50)51/h3-4,6-9,14-16,18-19,21,33,35,45,49H,1-2,5,10-13,20,22-24H2,(H,50,51)(H,52,53)/t33?,35-/m0/s1. The number of aromatic nitrogens is 3. The number of ether oxygens (including phenoxy) is 2. The van der Waals surface area contributed by atoms with Gasteiger partial charge in [0.25, 0.3) is 0 Å². The maximum absolute atomic E-state index is 11.5. The summed E-state index contributed by atoms with van der Waals surface area (Å²) in [5.74, 6) is -1.23. The highest BCUT2D eigenvalue weighted by Gasteiger charge is 2.29. The first-order valence-electron chi connectivity index (χ1n) is 17.8. The van der Waals surface area contributed by atoms with Crippen LogP contribution in [-0.4, -0.2) is 78.7 Å². The number of nitriles is 1. The lowest BCUT2D eigenvalue weighted by atomic mass is 10.00. The number of hydrogen-bond acceptors (Lipinski definition) is 10. The van der Waals surface area contributed by atoms with Gasteiger partial charge in [-0.05, 0) is 84.0 Å². The van der Waals surface area contributed by atoms with E-state index in [4.69, 9.17) is 26.2 Å². The Bertz CT molecular complexity index is 2210. The highest BCUT2D eigenvalue weighted by molar-refractivity contribution is 9.10. The number of aliphatic hydroxyl groups is 1. The number of carbonyl (C=O) groups is 2. The van der Waals surface area contributed by atoms with Crippen molar-refractivity contribution in [1.29, 1.82) is 5.26 Å². The Morgan fingerprint density at radius 2 is 1.78 bits per heavy atom. The van der Waals surface area contributed by atoms with Crippen LogP contribution in [0.1, 0.15) is 47.9 Å². The van der Waals surface area contributed by atoms with Crippen LogP contribution in [0.25, 0.3) is 22.0 Å². The van der Waals surface area contributed by atoms with Crippen LogP contribution in [0.4, 0.5) is 0 Å². The topological polar surface area (TPSA) is 183 Å². The number of hydrogen-bond donors (Lipinski definition) is 4. The van der Waals surface area contributed by atoms with Crippen LogP contribution >= 0.6 is 27.5 Å². The van der Waals surface area contributed by atoms with Crippen molar-refractivity contribution in [2.45, 2.75) is 64.1 Å². The largest absolute Gasteiger partial charge is 0.488 e. The first-order valence-corrected chi connectivity index (χ1v) is 19.0. The summed E-state index contributed by atoms with van der Waals surface area (Å²) in [7, 11) is 0. The zero-order valence-electron chi connectivity index (χ0n) is 29.8. The molecule has 0 aliphatic carbocycles. The van der Waals surface area contributed by atoms with Gasteiger partial charge in [-0.3, -0.25) is 29.5 Å². The molecule has 2 atom stereocenters. The van der Waals surface area contributed by atoms with Crippen LogP contribution in [0.5, 0.6) is 11.5 Å². The molecule has 15 heteroatoms. The fraction of sp³-hybridized carbons (Fsp3) is 0.325. The molecule has 6 rings (SSSR count). The van der Waals surface area contributed by atoms with Gasteiger partial charge in [0.15, 0.2) is 0 Å². The van der Waals surface area contributed by atoms with Gasteiger partial charge in [0.05, 0.1) is 28.9 Å². The first-order chi connectivity index (χ1) is 26.7. The average Bonchev–Trinajstić information content (AvgIpc) is 3.84. The number of carboxylic acid groups (broad SMARTS) is 2. The van der Waals surface area contributed by atoms with Crippen molar-refractivity contribution in [1.82, 2.24) is 25.0 Å². The van der Waals surface area contributed by atoms with E-state index >= 15 is 0 Å². The molecule has 1 saturated heterocycles. The van der Waals surface area contributed by atoms with E-state index < -0.39 is 24.6 Å². The van der Waals surface area contributed by atoms with Crippen molar-refractivity contribution in [2.75, 3.05) is 19.7 Å². The number of likely N-dealkylation sites (tertiary alicyclic amines) is 1. The third-order valence-corrected chi connectivity index (χ3v) is 10.8. The fourth-order valence-corrected chi connectivity index (χ4v) is 7.57. The molecule has 0 radical (unpaired) electrons. The van der Waals surface area contributed by atoms with E-state index in [1.807, 2.05) is 35.1 Å². The van der Waals surface area contributed by atoms with Crippen molar-refractivity contribution in [2.24, 2.45) is 0 Å². The molecule has 1 fully saturated rings. The minimum atomic E-state index is -1.20. The molecular weight excluding hydrogens is 792 g/mol. The van der Waals surface area contributed by atoms with Gasteiger partial charge in [0.2, 0.25) is 0 Å². The number of nitrogens with zero attached hydrogens (tertiary/aromatic N) is 5. The molecule has 0 bridgehead atoms. The van der Waals surface area contributed by atoms with Gasteiger partial charge in [-0.15, -0.1) is 0 Å². The minimum absolute atomic E-state index is 0.0326. The number of unbranched alkanes of at least 4 members (excludes halogenated alkanes) is 1. The number of pyridine rings is 1. The van der Waals surface area contributed by atoms with Crippen LogP contribution in [0.15, 0.2) is 77.7 Å². The number of rotatable bonds is 18. The Labute approximate surface area is 331 Å². The van der Waals surface area contributed by atoms with E-state index in [1.54, 1.807) is 24.4 Å². The second-order valence-electron chi connectivity index (χ2n) is 13.2. The lowest BCUT2D eigenvalue weighted by Crippen LogP contribution is -2.39. The number of carboxylic acids is 2. The zero-order valence-corrected chi connectivity index (χ0v) is 32.2. The molecule has 0 spiro atoms. The van der Waals surface area contributed by atoms with E-state index in [-0.39, 0.29) is 30.8 Å². The monoisotopic (exact) mass is 830 g/mol. The molecule has 0 saturated carbocycles. The van der Waals surface area contributed by atoms with Crippen LogP contribution in [0, 0.1) is 11.3 Å². The Balaban J connectivity index is 1.17. The summed E-state index contributed by atoms with van der Waals surface area (Å²) >= 11 is 10.5. The Morgan fingerprint density at radius 3 is 2.56 bits per heavy atom.